The van der Waals surface area contributed by atoms with E-state index in [2.05, 4.69) is 11.2 Å². The molecule has 1 aromatic carbocycles. The second-order valence-corrected chi connectivity index (χ2v) is 4.87. The van der Waals surface area contributed by atoms with Crippen LogP contribution in [-0.4, -0.2) is 23.5 Å². The Morgan fingerprint density at radius 2 is 2.19 bits per heavy atom. The van der Waals surface area contributed by atoms with Crippen LogP contribution in [0.3, 0.4) is 0 Å². The van der Waals surface area contributed by atoms with Crippen LogP contribution in [0, 0.1) is 11.3 Å². The lowest BCUT2D eigenvalue weighted by Gasteiger charge is -2.06. The quantitative estimate of drug-likeness (QED) is 0.933. The molecule has 3 rings (SSSR count). The number of benzene rings is 1. The van der Waals surface area contributed by atoms with Crippen molar-refractivity contribution < 1.29 is 9.47 Å². The van der Waals surface area contributed by atoms with E-state index in [1.54, 1.807) is 11.8 Å². The molecule has 0 bridgehead atoms. The number of methoxy groups -OCH3 is 1. The summed E-state index contributed by atoms with van der Waals surface area (Å²) in [6, 6.07) is 9.50. The van der Waals surface area contributed by atoms with Crippen LogP contribution in [0.4, 0.5) is 5.82 Å². The monoisotopic (exact) mass is 284 g/mol. The first-order valence-electron chi connectivity index (χ1n) is 6.79. The summed E-state index contributed by atoms with van der Waals surface area (Å²) in [5, 5.41) is 13.8. The fourth-order valence-electron chi connectivity index (χ4n) is 2.50. The summed E-state index contributed by atoms with van der Waals surface area (Å²) in [6.45, 7) is 0.699. The van der Waals surface area contributed by atoms with Gasteiger partial charge >= 0.3 is 0 Å². The van der Waals surface area contributed by atoms with Crippen molar-refractivity contribution in [1.82, 2.24) is 9.78 Å². The maximum absolute atomic E-state index is 9.34. The van der Waals surface area contributed by atoms with Crippen LogP contribution in [-0.2, 0) is 4.74 Å². The highest BCUT2D eigenvalue weighted by Gasteiger charge is 2.27. The van der Waals surface area contributed by atoms with Gasteiger partial charge in [-0.2, -0.15) is 10.4 Å². The van der Waals surface area contributed by atoms with E-state index in [4.69, 9.17) is 15.2 Å². The van der Waals surface area contributed by atoms with Crippen LogP contribution >= 0.6 is 0 Å². The summed E-state index contributed by atoms with van der Waals surface area (Å²) in [4.78, 5) is 0. The highest BCUT2D eigenvalue weighted by atomic mass is 16.5. The standard InChI is InChI=1S/C15H16N4O2/c1-20-11-6-4-10(5-7-11)19-15(17)12(9-16)14(18-19)13-3-2-8-21-13/h4-7,13H,2-3,8,17H2,1H3/t13-/m0/s1. The average Bonchev–Trinajstić information content (AvgIpc) is 3.15. The molecule has 2 N–H and O–H groups in total. The lowest BCUT2D eigenvalue weighted by molar-refractivity contribution is 0.108. The van der Waals surface area contributed by atoms with Crippen LogP contribution in [0.5, 0.6) is 5.75 Å². The minimum Gasteiger partial charge on any atom is -0.497 e. The molecule has 6 heteroatoms. The maximum Gasteiger partial charge on any atom is 0.145 e. The van der Waals surface area contributed by atoms with Crippen LogP contribution in [0.1, 0.15) is 30.2 Å². The Morgan fingerprint density at radius 3 is 2.76 bits per heavy atom. The van der Waals surface area contributed by atoms with Crippen molar-refractivity contribution in [2.75, 3.05) is 19.5 Å². The van der Waals surface area contributed by atoms with E-state index in [0.717, 1.165) is 24.3 Å². The lowest BCUT2D eigenvalue weighted by atomic mass is 10.1. The third-order valence-electron chi connectivity index (χ3n) is 3.61. The first kappa shape index (κ1) is 13.5. The molecule has 0 amide bonds. The number of nitrogens with zero attached hydrogens (tertiary/aromatic N) is 3. The van der Waals surface area contributed by atoms with E-state index in [9.17, 15) is 5.26 Å². The Balaban J connectivity index is 2.04. The van der Waals surface area contributed by atoms with Crippen molar-refractivity contribution in [3.63, 3.8) is 0 Å². The van der Waals surface area contributed by atoms with Crippen molar-refractivity contribution in [2.24, 2.45) is 0 Å². The molecule has 1 fully saturated rings. The second kappa shape index (κ2) is 5.46. The minimum atomic E-state index is -0.138. The molecular weight excluding hydrogens is 268 g/mol. The molecule has 21 heavy (non-hydrogen) atoms. The number of rotatable bonds is 3. The highest BCUT2D eigenvalue weighted by molar-refractivity contribution is 5.57. The molecule has 1 saturated heterocycles. The van der Waals surface area contributed by atoms with E-state index in [1.807, 2.05) is 24.3 Å². The van der Waals surface area contributed by atoms with Crippen molar-refractivity contribution in [2.45, 2.75) is 18.9 Å². The predicted molar refractivity (Wildman–Crippen MR) is 77.2 cm³/mol. The zero-order chi connectivity index (χ0) is 14.8. The van der Waals surface area contributed by atoms with E-state index >= 15 is 0 Å². The topological polar surface area (TPSA) is 86.1 Å². The number of nitriles is 1. The average molecular weight is 284 g/mol. The fraction of sp³-hybridized carbons (Fsp3) is 0.333. The molecule has 0 aliphatic carbocycles. The SMILES string of the molecule is COc1ccc(-n2nc([C@@H]3CCCO3)c(C#N)c2N)cc1. The molecule has 2 aromatic rings. The highest BCUT2D eigenvalue weighted by Crippen LogP contribution is 2.33. The van der Waals surface area contributed by atoms with E-state index in [1.165, 1.54) is 0 Å². The summed E-state index contributed by atoms with van der Waals surface area (Å²) in [5.41, 5.74) is 7.89. The summed E-state index contributed by atoms with van der Waals surface area (Å²) in [7, 11) is 1.61. The van der Waals surface area contributed by atoms with Gasteiger partial charge in [0.25, 0.3) is 0 Å². The number of nitrogen functional groups attached to an aromatic ring is 1. The number of aromatic nitrogens is 2. The normalized spacial score (nSPS) is 17.6. The van der Waals surface area contributed by atoms with Crippen LogP contribution in [0.2, 0.25) is 0 Å². The Labute approximate surface area is 122 Å². The Morgan fingerprint density at radius 1 is 1.43 bits per heavy atom. The van der Waals surface area contributed by atoms with Gasteiger partial charge in [0.1, 0.15) is 35.0 Å². The summed E-state index contributed by atoms with van der Waals surface area (Å²) >= 11 is 0. The number of nitrogens with two attached hydrogens (primary N) is 1. The second-order valence-electron chi connectivity index (χ2n) is 4.87. The molecule has 1 aromatic heterocycles. The molecule has 6 nitrogen and oxygen atoms in total. The zero-order valence-electron chi connectivity index (χ0n) is 11.7. The largest absolute Gasteiger partial charge is 0.497 e. The number of hydrogen-bond acceptors (Lipinski definition) is 5. The first-order chi connectivity index (χ1) is 10.2. The molecule has 1 atom stereocenters. The predicted octanol–water partition coefficient (Wildman–Crippen LogP) is 2.19. The molecule has 2 heterocycles. The van der Waals surface area contributed by atoms with Gasteiger partial charge in [-0.3, -0.25) is 0 Å². The molecule has 0 unspecified atom stereocenters. The van der Waals surface area contributed by atoms with Crippen LogP contribution in [0.15, 0.2) is 24.3 Å². The van der Waals surface area contributed by atoms with E-state index in [0.29, 0.717) is 23.7 Å². The van der Waals surface area contributed by atoms with Gasteiger partial charge in [0.05, 0.1) is 12.8 Å². The van der Waals surface area contributed by atoms with Gasteiger partial charge in [0.2, 0.25) is 0 Å². The van der Waals surface area contributed by atoms with Gasteiger partial charge in [-0.15, -0.1) is 0 Å². The van der Waals surface area contributed by atoms with Gasteiger partial charge < -0.3 is 15.2 Å². The minimum absolute atomic E-state index is 0.138. The molecular formula is C15H16N4O2. The van der Waals surface area contributed by atoms with Crippen molar-refractivity contribution >= 4 is 5.82 Å². The van der Waals surface area contributed by atoms with E-state index in [-0.39, 0.29) is 6.10 Å². The van der Waals surface area contributed by atoms with Crippen molar-refractivity contribution in [3.8, 4) is 17.5 Å². The number of anilines is 1. The summed E-state index contributed by atoms with van der Waals surface area (Å²) in [5.74, 6) is 1.09. The first-order valence-corrected chi connectivity index (χ1v) is 6.79. The van der Waals surface area contributed by atoms with Crippen molar-refractivity contribution in [1.29, 1.82) is 5.26 Å². The molecule has 1 aliphatic rings. The summed E-state index contributed by atoms with van der Waals surface area (Å²) < 4.78 is 12.3. The molecule has 0 spiro atoms. The third-order valence-corrected chi connectivity index (χ3v) is 3.61. The Kier molecular flexibility index (Phi) is 3.50. The molecule has 1 aliphatic heterocycles. The fourth-order valence-corrected chi connectivity index (χ4v) is 2.50. The summed E-state index contributed by atoms with van der Waals surface area (Å²) in [6.07, 6.45) is 1.71. The van der Waals surface area contributed by atoms with Gasteiger partial charge in [0, 0.05) is 6.61 Å². The zero-order valence-corrected chi connectivity index (χ0v) is 11.7. The van der Waals surface area contributed by atoms with E-state index < -0.39 is 0 Å². The maximum atomic E-state index is 9.34. The Hall–Kier alpha value is -2.52. The third kappa shape index (κ3) is 2.32. The van der Waals surface area contributed by atoms with Gasteiger partial charge in [0.15, 0.2) is 0 Å². The van der Waals surface area contributed by atoms with Gasteiger partial charge in [-0.1, -0.05) is 0 Å². The molecule has 0 radical (unpaired) electrons. The molecule has 108 valence electrons. The smallest absolute Gasteiger partial charge is 0.145 e. The van der Waals surface area contributed by atoms with Crippen LogP contribution < -0.4 is 10.5 Å². The lowest BCUT2D eigenvalue weighted by Crippen LogP contribution is -2.03. The van der Waals surface area contributed by atoms with Gasteiger partial charge in [-0.25, -0.2) is 4.68 Å². The Bertz CT molecular complexity index is 679. The van der Waals surface area contributed by atoms with Crippen molar-refractivity contribution in [3.05, 3.63) is 35.5 Å². The number of hydrogen-bond donors (Lipinski definition) is 1. The van der Waals surface area contributed by atoms with Crippen LogP contribution in [0.25, 0.3) is 5.69 Å². The molecule has 0 saturated carbocycles. The number of ether oxygens (including phenoxy) is 2. The van der Waals surface area contributed by atoms with Gasteiger partial charge in [-0.05, 0) is 37.1 Å².